The van der Waals surface area contributed by atoms with Crippen molar-refractivity contribution >= 4 is 37.7 Å². The van der Waals surface area contributed by atoms with Crippen molar-refractivity contribution in [3.05, 3.63) is 77.5 Å². The summed E-state index contributed by atoms with van der Waals surface area (Å²) in [6.07, 6.45) is 1.01. The number of sulfone groups is 1. The lowest BCUT2D eigenvalue weighted by Gasteiger charge is -2.19. The van der Waals surface area contributed by atoms with E-state index >= 15 is 0 Å². The zero-order valence-electron chi connectivity index (χ0n) is 20.1. The van der Waals surface area contributed by atoms with Gasteiger partial charge in [-0.25, -0.2) is 17.8 Å². The number of nitrogens with zero attached hydrogens (tertiary/aromatic N) is 2. The molecule has 3 aromatic carbocycles. The second kappa shape index (κ2) is 8.45. The Morgan fingerprint density at radius 1 is 1.05 bits per heavy atom. The van der Waals surface area contributed by atoms with Crippen LogP contribution in [0.2, 0.25) is 0 Å². The quantitative estimate of drug-likeness (QED) is 0.363. The number of hydrogen-bond donors (Lipinski definition) is 2. The van der Waals surface area contributed by atoms with Crippen LogP contribution < -0.4 is 4.74 Å². The minimum Gasteiger partial charge on any atom is -0.491 e. The molecule has 1 amide bonds. The zero-order chi connectivity index (χ0) is 25.9. The molecule has 188 valence electrons. The first-order chi connectivity index (χ1) is 17.7. The van der Waals surface area contributed by atoms with E-state index in [-0.39, 0.29) is 22.0 Å². The molecule has 10 heteroatoms. The number of carbonyl (C=O) groups excluding carboxylic acids is 1. The molecule has 0 atom stereocenters. The Kier molecular flexibility index (Phi) is 5.30. The van der Waals surface area contributed by atoms with Crippen molar-refractivity contribution in [3.63, 3.8) is 0 Å². The monoisotopic (exact) mass is 518 g/mol. The minimum absolute atomic E-state index is 0.180. The summed E-state index contributed by atoms with van der Waals surface area (Å²) in [5, 5.41) is 0.321. The van der Waals surface area contributed by atoms with Crippen molar-refractivity contribution in [1.29, 1.82) is 0 Å². The van der Waals surface area contributed by atoms with E-state index in [4.69, 9.17) is 4.74 Å². The summed E-state index contributed by atoms with van der Waals surface area (Å²) in [7, 11) is -3.70. The molecule has 0 fully saturated rings. The van der Waals surface area contributed by atoms with Crippen LogP contribution in [0.1, 0.15) is 21.9 Å². The van der Waals surface area contributed by atoms with E-state index < -0.39 is 15.7 Å². The lowest BCUT2D eigenvalue weighted by Crippen LogP contribution is -2.32. The molecule has 8 nitrogen and oxygen atoms in total. The highest BCUT2D eigenvalue weighted by Crippen LogP contribution is 2.32. The van der Waals surface area contributed by atoms with Crippen LogP contribution in [0, 0.1) is 12.7 Å². The fourth-order valence-electron chi connectivity index (χ4n) is 4.82. The second-order valence-electron chi connectivity index (χ2n) is 9.28. The van der Waals surface area contributed by atoms with Gasteiger partial charge in [-0.3, -0.25) is 4.79 Å². The number of aryl methyl sites for hydroxylation is 1. The van der Waals surface area contributed by atoms with Crippen LogP contribution >= 0.6 is 0 Å². The predicted octanol–water partition coefficient (Wildman–Crippen LogP) is 4.60. The second-order valence-corrected chi connectivity index (χ2v) is 11.3. The van der Waals surface area contributed by atoms with Gasteiger partial charge in [0.15, 0.2) is 9.84 Å². The standard InChI is InChI=1S/C27H23FN4O4S/c1-15-29-21-5-3-17(11-22(21)30-15)16-4-6-24-19(9-16)14-32(7-8-36-24)27(33)23-12-18-10-20(28)13-25(26(18)31-23)37(2,34)35/h3-6,9-13,31H,7-8,14H2,1-2H3,(H,29,30). The first kappa shape index (κ1) is 23.2. The van der Waals surface area contributed by atoms with Crippen molar-refractivity contribution in [3.8, 4) is 16.9 Å². The number of amides is 1. The number of benzene rings is 3. The molecule has 0 saturated carbocycles. The van der Waals surface area contributed by atoms with Crippen LogP contribution in [0.5, 0.6) is 5.75 Å². The number of fused-ring (bicyclic) bond motifs is 3. The lowest BCUT2D eigenvalue weighted by molar-refractivity contribution is 0.0728. The van der Waals surface area contributed by atoms with Gasteiger partial charge in [0.2, 0.25) is 0 Å². The molecule has 6 rings (SSSR count). The lowest BCUT2D eigenvalue weighted by atomic mass is 10.0. The molecule has 0 radical (unpaired) electrons. The summed E-state index contributed by atoms with van der Waals surface area (Å²) in [5.74, 6) is 0.543. The third-order valence-electron chi connectivity index (χ3n) is 6.55. The Hall–Kier alpha value is -4.18. The molecule has 0 unspecified atom stereocenters. The Morgan fingerprint density at radius 2 is 1.84 bits per heavy atom. The number of imidazole rings is 1. The molecule has 0 spiro atoms. The molecule has 2 aromatic heterocycles. The highest BCUT2D eigenvalue weighted by molar-refractivity contribution is 7.91. The first-order valence-electron chi connectivity index (χ1n) is 11.7. The smallest absolute Gasteiger partial charge is 0.270 e. The third kappa shape index (κ3) is 4.23. The number of carbonyl (C=O) groups is 1. The van der Waals surface area contributed by atoms with E-state index in [2.05, 4.69) is 15.0 Å². The Morgan fingerprint density at radius 3 is 2.65 bits per heavy atom. The van der Waals surface area contributed by atoms with Crippen LogP contribution in [0.25, 0.3) is 33.1 Å². The number of nitrogens with one attached hydrogen (secondary N) is 2. The van der Waals surface area contributed by atoms with Crippen LogP contribution in [0.15, 0.2) is 59.5 Å². The van der Waals surface area contributed by atoms with Gasteiger partial charge in [-0.2, -0.15) is 0 Å². The van der Waals surface area contributed by atoms with E-state index in [1.807, 2.05) is 43.3 Å². The number of ether oxygens (including phenoxy) is 1. The third-order valence-corrected chi connectivity index (χ3v) is 7.67. The highest BCUT2D eigenvalue weighted by Gasteiger charge is 2.25. The van der Waals surface area contributed by atoms with E-state index in [9.17, 15) is 17.6 Å². The summed E-state index contributed by atoms with van der Waals surface area (Å²) in [6, 6.07) is 15.6. The van der Waals surface area contributed by atoms with E-state index in [0.717, 1.165) is 45.9 Å². The number of halogens is 1. The van der Waals surface area contributed by atoms with Gasteiger partial charge >= 0.3 is 0 Å². The number of aromatic amines is 2. The van der Waals surface area contributed by atoms with Crippen molar-refractivity contribution < 1.29 is 22.3 Å². The van der Waals surface area contributed by atoms with Crippen LogP contribution in [0.4, 0.5) is 4.39 Å². The van der Waals surface area contributed by atoms with Crippen LogP contribution in [-0.2, 0) is 16.4 Å². The fourth-order valence-corrected chi connectivity index (χ4v) is 5.68. The van der Waals surface area contributed by atoms with Gasteiger partial charge in [-0.15, -0.1) is 0 Å². The molecule has 2 N–H and O–H groups in total. The maximum atomic E-state index is 14.1. The van der Waals surface area contributed by atoms with E-state index in [1.165, 1.54) is 12.1 Å². The molecular formula is C27H23FN4O4S. The van der Waals surface area contributed by atoms with Gasteiger partial charge in [0, 0.05) is 23.8 Å². The molecule has 0 bridgehead atoms. The van der Waals surface area contributed by atoms with Gasteiger partial charge in [0.25, 0.3) is 5.91 Å². The molecular weight excluding hydrogens is 495 g/mol. The molecule has 3 heterocycles. The topological polar surface area (TPSA) is 108 Å². The maximum Gasteiger partial charge on any atom is 0.270 e. The summed E-state index contributed by atoms with van der Waals surface area (Å²) in [5.41, 5.74) is 5.07. The Balaban J connectivity index is 1.34. The maximum absolute atomic E-state index is 14.1. The van der Waals surface area contributed by atoms with Crippen molar-refractivity contribution in [2.24, 2.45) is 0 Å². The molecule has 37 heavy (non-hydrogen) atoms. The first-order valence-corrected chi connectivity index (χ1v) is 13.6. The predicted molar refractivity (Wildman–Crippen MR) is 138 cm³/mol. The summed E-state index contributed by atoms with van der Waals surface area (Å²) >= 11 is 0. The summed E-state index contributed by atoms with van der Waals surface area (Å²) < 4.78 is 44.4. The minimum atomic E-state index is -3.70. The molecule has 5 aromatic rings. The zero-order valence-corrected chi connectivity index (χ0v) is 20.9. The number of hydrogen-bond acceptors (Lipinski definition) is 5. The molecule has 1 aliphatic rings. The molecule has 1 aliphatic heterocycles. The Bertz CT molecular complexity index is 1820. The average Bonchev–Trinajstić information content (AvgIpc) is 3.37. The van der Waals surface area contributed by atoms with Crippen molar-refractivity contribution in [2.45, 2.75) is 18.4 Å². The van der Waals surface area contributed by atoms with E-state index in [0.29, 0.717) is 30.8 Å². The summed E-state index contributed by atoms with van der Waals surface area (Å²) in [4.78, 5) is 25.5. The van der Waals surface area contributed by atoms with Crippen molar-refractivity contribution in [1.82, 2.24) is 19.9 Å². The van der Waals surface area contributed by atoms with Gasteiger partial charge in [-0.1, -0.05) is 12.1 Å². The highest BCUT2D eigenvalue weighted by atomic mass is 32.2. The van der Waals surface area contributed by atoms with E-state index in [1.54, 1.807) is 4.90 Å². The fraction of sp³-hybridized carbons (Fsp3) is 0.185. The Labute approximate surface area is 212 Å². The van der Waals surface area contributed by atoms with Crippen molar-refractivity contribution in [2.75, 3.05) is 19.4 Å². The van der Waals surface area contributed by atoms with Crippen LogP contribution in [-0.4, -0.2) is 53.6 Å². The van der Waals surface area contributed by atoms with Crippen LogP contribution in [0.3, 0.4) is 0 Å². The number of rotatable bonds is 3. The van der Waals surface area contributed by atoms with Gasteiger partial charge in [0.05, 0.1) is 28.0 Å². The van der Waals surface area contributed by atoms with Gasteiger partial charge in [0.1, 0.15) is 29.7 Å². The van der Waals surface area contributed by atoms with Gasteiger partial charge in [-0.05, 0) is 60.5 Å². The normalized spacial score (nSPS) is 14.0. The average molecular weight is 519 g/mol. The summed E-state index contributed by atoms with van der Waals surface area (Å²) in [6.45, 7) is 2.86. The molecule has 0 saturated heterocycles. The molecule has 0 aliphatic carbocycles. The number of aromatic nitrogens is 3. The SMILES string of the molecule is Cc1nc2ccc(-c3ccc4c(c3)CN(C(=O)c3cc5cc(F)cc(S(C)(=O)=O)c5[nH]3)CCO4)cc2[nH]1. The largest absolute Gasteiger partial charge is 0.491 e. The van der Waals surface area contributed by atoms with Gasteiger partial charge < -0.3 is 19.6 Å². The number of H-pyrrole nitrogens is 2.